The highest BCUT2D eigenvalue weighted by atomic mass is 32.2. The van der Waals surface area contributed by atoms with E-state index in [0.717, 1.165) is 11.3 Å². The third kappa shape index (κ3) is 6.26. The molecule has 8 nitrogen and oxygen atoms in total. The van der Waals surface area contributed by atoms with Crippen molar-refractivity contribution >= 4 is 38.2 Å². The Hall–Kier alpha value is -4.37. The smallest absolute Gasteiger partial charge is 0.305 e. The monoisotopic (exact) mass is 561 g/mol. The zero-order valence-corrected chi connectivity index (χ0v) is 23.0. The Bertz CT molecular complexity index is 1600. The number of carboxylic acid groups (broad SMARTS) is 2. The number of anilines is 1. The first kappa shape index (κ1) is 28.6. The molecule has 4 rings (SSSR count). The van der Waals surface area contributed by atoms with Gasteiger partial charge in [-0.3, -0.25) is 9.59 Å². The Morgan fingerprint density at radius 3 is 2.00 bits per heavy atom. The van der Waals surface area contributed by atoms with E-state index in [0.29, 0.717) is 28.6 Å². The van der Waals surface area contributed by atoms with Crippen LogP contribution >= 0.6 is 0 Å². The summed E-state index contributed by atoms with van der Waals surface area (Å²) in [5.74, 6) is -1.69. The van der Waals surface area contributed by atoms with E-state index in [1.165, 1.54) is 31.4 Å². The van der Waals surface area contributed by atoms with Crippen molar-refractivity contribution in [1.82, 2.24) is 0 Å². The molecule has 0 saturated carbocycles. The normalized spacial score (nSPS) is 12.9. The molecule has 2 atom stereocenters. The highest BCUT2D eigenvalue weighted by molar-refractivity contribution is 7.91. The zero-order valence-electron chi connectivity index (χ0n) is 22.2. The number of hydrogen-bond acceptors (Lipinski definition) is 6. The molecule has 0 heterocycles. The topological polar surface area (TPSA) is 121 Å². The number of benzene rings is 4. The fourth-order valence-electron chi connectivity index (χ4n) is 4.93. The van der Waals surface area contributed by atoms with Gasteiger partial charge >= 0.3 is 11.9 Å². The van der Waals surface area contributed by atoms with Gasteiger partial charge in [-0.15, -0.1) is 0 Å². The highest BCUT2D eigenvalue weighted by Gasteiger charge is 2.33. The van der Waals surface area contributed by atoms with Gasteiger partial charge in [0.25, 0.3) is 0 Å². The molecule has 0 amide bonds. The first-order chi connectivity index (χ1) is 19.1. The third-order valence-corrected chi connectivity index (χ3v) is 9.01. The Morgan fingerprint density at radius 2 is 1.40 bits per heavy atom. The predicted octanol–water partition coefficient (Wildman–Crippen LogP) is 5.71. The number of hydrogen-bond donors (Lipinski definition) is 2. The summed E-state index contributed by atoms with van der Waals surface area (Å²) in [4.78, 5) is 25.5. The summed E-state index contributed by atoms with van der Waals surface area (Å²) in [7, 11) is -2.63. The van der Waals surface area contributed by atoms with Crippen molar-refractivity contribution in [2.24, 2.45) is 0 Å². The van der Waals surface area contributed by atoms with Crippen molar-refractivity contribution in [3.05, 3.63) is 102 Å². The van der Waals surface area contributed by atoms with Crippen molar-refractivity contribution < 1.29 is 33.0 Å². The molecule has 0 bridgehead atoms. The second-order valence-corrected chi connectivity index (χ2v) is 11.7. The van der Waals surface area contributed by atoms with Crippen LogP contribution in [0.25, 0.3) is 10.8 Å². The number of carbonyl (C=O) groups is 2. The maximum atomic E-state index is 13.8. The minimum atomic E-state index is -4.11. The molecule has 4 aromatic carbocycles. The number of sulfone groups is 1. The molecule has 0 fully saturated rings. The number of carboxylic acids is 2. The van der Waals surface area contributed by atoms with Gasteiger partial charge in [0, 0.05) is 23.7 Å². The molecule has 9 heteroatoms. The molecule has 0 radical (unpaired) electrons. The van der Waals surface area contributed by atoms with Crippen LogP contribution in [0.5, 0.6) is 5.75 Å². The van der Waals surface area contributed by atoms with Gasteiger partial charge in [0.15, 0.2) is 9.84 Å². The first-order valence-corrected chi connectivity index (χ1v) is 14.3. The number of methoxy groups -OCH3 is 1. The zero-order chi connectivity index (χ0) is 28.9. The predicted molar refractivity (Wildman–Crippen MR) is 153 cm³/mol. The molecule has 0 aliphatic heterocycles. The molecule has 208 valence electrons. The van der Waals surface area contributed by atoms with E-state index >= 15 is 0 Å². The molecular weight excluding hydrogens is 530 g/mol. The minimum Gasteiger partial charge on any atom is -0.497 e. The fourth-order valence-corrected chi connectivity index (χ4v) is 6.68. The van der Waals surface area contributed by atoms with Gasteiger partial charge in [-0.25, -0.2) is 8.42 Å². The molecule has 4 aromatic rings. The van der Waals surface area contributed by atoms with Crippen LogP contribution in [0.1, 0.15) is 36.1 Å². The second kappa shape index (κ2) is 12.2. The molecular formula is C31H31NO7S. The summed E-state index contributed by atoms with van der Waals surface area (Å²) >= 11 is 0. The van der Waals surface area contributed by atoms with Gasteiger partial charge < -0.3 is 19.8 Å². The van der Waals surface area contributed by atoms with Crippen LogP contribution in [-0.2, 0) is 26.0 Å². The van der Waals surface area contributed by atoms with Crippen LogP contribution in [-0.4, -0.2) is 43.7 Å². The molecule has 1 unspecified atom stereocenters. The average Bonchev–Trinajstić information content (AvgIpc) is 2.94. The number of fused-ring (bicyclic) bond motifs is 1. The van der Waals surface area contributed by atoms with Crippen LogP contribution in [0, 0.1) is 0 Å². The van der Waals surface area contributed by atoms with Gasteiger partial charge in [0.05, 0.1) is 24.8 Å². The van der Waals surface area contributed by atoms with Gasteiger partial charge in [0.1, 0.15) is 11.0 Å². The summed E-state index contributed by atoms with van der Waals surface area (Å²) in [6.45, 7) is 2.27. The third-order valence-electron chi connectivity index (χ3n) is 6.91. The van der Waals surface area contributed by atoms with Crippen LogP contribution in [0.4, 0.5) is 5.69 Å². The lowest BCUT2D eigenvalue weighted by atomic mass is 9.97. The SMILES string of the molecule is COc1ccc(S(=O)(=O)C(CC(=O)O)c2ccc(N(Cc3ccccc3)[C@@H](C)CC(=O)O)c3ccccc23)cc1. The van der Waals surface area contributed by atoms with E-state index < -0.39 is 33.4 Å². The lowest BCUT2D eigenvalue weighted by molar-refractivity contribution is -0.138. The number of ether oxygens (including phenoxy) is 1. The Labute approximate surface area is 233 Å². The van der Waals surface area contributed by atoms with Gasteiger partial charge in [0.2, 0.25) is 0 Å². The van der Waals surface area contributed by atoms with Crippen molar-refractivity contribution in [2.45, 2.75) is 42.5 Å². The molecule has 40 heavy (non-hydrogen) atoms. The number of aliphatic carboxylic acids is 2. The van der Waals surface area contributed by atoms with Crippen molar-refractivity contribution in [3.63, 3.8) is 0 Å². The van der Waals surface area contributed by atoms with Crippen molar-refractivity contribution in [3.8, 4) is 5.75 Å². The molecule has 0 saturated heterocycles. The Morgan fingerprint density at radius 1 is 0.800 bits per heavy atom. The van der Waals surface area contributed by atoms with E-state index in [1.54, 1.807) is 24.3 Å². The standard InChI is InChI=1S/C31H31NO7S/c1-21(18-30(33)34)32(20-22-8-4-3-5-9-22)28-17-16-27(25-10-6-7-11-26(25)28)29(19-31(35)36)40(37,38)24-14-12-23(39-2)13-15-24/h3-17,21,29H,18-20H2,1-2H3,(H,33,34)(H,35,36)/t21-,29?/m0/s1. The molecule has 0 spiro atoms. The lowest BCUT2D eigenvalue weighted by Gasteiger charge is -2.32. The number of nitrogens with zero attached hydrogens (tertiary/aromatic N) is 1. The summed E-state index contributed by atoms with van der Waals surface area (Å²) in [5, 5.41) is 19.2. The van der Waals surface area contributed by atoms with E-state index in [4.69, 9.17) is 4.74 Å². The second-order valence-electron chi connectivity index (χ2n) is 9.59. The summed E-state index contributed by atoms with van der Waals surface area (Å²) < 4.78 is 32.8. The molecule has 2 N–H and O–H groups in total. The van der Waals surface area contributed by atoms with E-state index in [2.05, 4.69) is 0 Å². The van der Waals surface area contributed by atoms with Crippen LogP contribution in [0.15, 0.2) is 95.9 Å². The molecule has 0 aliphatic rings. The fraction of sp³-hybridized carbons (Fsp3) is 0.226. The van der Waals surface area contributed by atoms with Crippen molar-refractivity contribution in [1.29, 1.82) is 0 Å². The molecule has 0 aliphatic carbocycles. The summed E-state index contributed by atoms with van der Waals surface area (Å²) in [6.07, 6.45) is -0.725. The van der Waals surface area contributed by atoms with Gasteiger partial charge in [-0.2, -0.15) is 0 Å². The van der Waals surface area contributed by atoms with Crippen LogP contribution < -0.4 is 9.64 Å². The maximum absolute atomic E-state index is 13.8. The van der Waals surface area contributed by atoms with Crippen molar-refractivity contribution in [2.75, 3.05) is 12.0 Å². The van der Waals surface area contributed by atoms with E-state index in [1.807, 2.05) is 54.3 Å². The van der Waals surface area contributed by atoms with E-state index in [9.17, 15) is 28.2 Å². The Kier molecular flexibility index (Phi) is 8.74. The minimum absolute atomic E-state index is 0.00603. The Balaban J connectivity index is 1.87. The first-order valence-electron chi connectivity index (χ1n) is 12.8. The van der Waals surface area contributed by atoms with E-state index in [-0.39, 0.29) is 17.4 Å². The summed E-state index contributed by atoms with van der Waals surface area (Å²) in [6, 6.07) is 25.8. The molecule has 0 aromatic heterocycles. The largest absolute Gasteiger partial charge is 0.497 e. The van der Waals surface area contributed by atoms with Crippen LogP contribution in [0.3, 0.4) is 0 Å². The lowest BCUT2D eigenvalue weighted by Crippen LogP contribution is -2.34. The highest BCUT2D eigenvalue weighted by Crippen LogP contribution is 2.40. The van der Waals surface area contributed by atoms with Gasteiger partial charge in [-0.1, -0.05) is 60.7 Å². The number of rotatable bonds is 12. The van der Waals surface area contributed by atoms with Gasteiger partial charge in [-0.05, 0) is 53.8 Å². The maximum Gasteiger partial charge on any atom is 0.305 e. The average molecular weight is 562 g/mol. The van der Waals surface area contributed by atoms with Crippen LogP contribution in [0.2, 0.25) is 0 Å². The quantitative estimate of drug-likeness (QED) is 0.226. The summed E-state index contributed by atoms with van der Waals surface area (Å²) in [5.41, 5.74) is 2.08.